The minimum atomic E-state index is -1.80. The highest BCUT2D eigenvalue weighted by atomic mass is 16.3. The summed E-state index contributed by atoms with van der Waals surface area (Å²) in [5.41, 5.74) is 1.57. The summed E-state index contributed by atoms with van der Waals surface area (Å²) in [5.74, 6) is -0.789. The van der Waals surface area contributed by atoms with Crippen LogP contribution in [0.1, 0.15) is 33.5 Å². The summed E-state index contributed by atoms with van der Waals surface area (Å²) in [5, 5.41) is 13.4. The Balaban J connectivity index is 1.97. The van der Waals surface area contributed by atoms with Crippen molar-refractivity contribution in [3.05, 3.63) is 64.7 Å². The lowest BCUT2D eigenvalue weighted by atomic mass is 9.87. The molecule has 0 spiro atoms. The number of amides is 1. The summed E-state index contributed by atoms with van der Waals surface area (Å²) in [6.45, 7) is 3.75. The molecule has 1 heterocycles. The average molecular weight is 295 g/mol. The largest absolute Gasteiger partial charge is 0.375 e. The second-order valence-corrected chi connectivity index (χ2v) is 5.78. The fourth-order valence-corrected chi connectivity index (χ4v) is 2.84. The van der Waals surface area contributed by atoms with Gasteiger partial charge in [0.05, 0.1) is 6.42 Å². The lowest BCUT2D eigenvalue weighted by molar-refractivity contribution is -0.133. The van der Waals surface area contributed by atoms with Crippen molar-refractivity contribution in [1.82, 2.24) is 0 Å². The van der Waals surface area contributed by atoms with Gasteiger partial charge in [-0.15, -0.1) is 0 Å². The molecule has 1 aliphatic rings. The Morgan fingerprint density at radius 3 is 2.68 bits per heavy atom. The normalized spacial score (nSPS) is 19.7. The fourth-order valence-electron chi connectivity index (χ4n) is 2.84. The highest BCUT2D eigenvalue weighted by Crippen LogP contribution is 2.38. The van der Waals surface area contributed by atoms with Crippen LogP contribution in [0, 0.1) is 13.8 Å². The molecule has 0 fully saturated rings. The van der Waals surface area contributed by atoms with E-state index in [1.165, 1.54) is 0 Å². The molecule has 3 rings (SSSR count). The summed E-state index contributed by atoms with van der Waals surface area (Å²) >= 11 is 0. The number of carbonyl (C=O) groups is 2. The minimum Gasteiger partial charge on any atom is -0.375 e. The Morgan fingerprint density at radius 1 is 1.18 bits per heavy atom. The van der Waals surface area contributed by atoms with Gasteiger partial charge in [0.15, 0.2) is 11.4 Å². The highest BCUT2D eigenvalue weighted by Gasteiger charge is 2.46. The van der Waals surface area contributed by atoms with E-state index >= 15 is 0 Å². The van der Waals surface area contributed by atoms with Gasteiger partial charge in [0.25, 0.3) is 5.91 Å². The van der Waals surface area contributed by atoms with E-state index in [1.54, 1.807) is 30.3 Å². The molecule has 4 heteroatoms. The molecule has 0 bridgehead atoms. The van der Waals surface area contributed by atoms with Gasteiger partial charge in [-0.3, -0.25) is 9.59 Å². The third-order valence-corrected chi connectivity index (χ3v) is 4.11. The number of hydrogen-bond acceptors (Lipinski definition) is 3. The van der Waals surface area contributed by atoms with Crippen LogP contribution in [0.3, 0.4) is 0 Å². The van der Waals surface area contributed by atoms with Gasteiger partial charge in [-0.1, -0.05) is 35.9 Å². The first kappa shape index (κ1) is 14.5. The van der Waals surface area contributed by atoms with Crippen LogP contribution in [0.15, 0.2) is 42.5 Å². The number of benzene rings is 2. The molecular formula is C18H17NO3. The Hall–Kier alpha value is -2.46. The Kier molecular flexibility index (Phi) is 3.34. The maximum atomic E-state index is 12.6. The van der Waals surface area contributed by atoms with Crippen LogP contribution in [-0.4, -0.2) is 16.8 Å². The Morgan fingerprint density at radius 2 is 1.91 bits per heavy atom. The number of carbonyl (C=O) groups excluding carboxylic acids is 2. The predicted molar refractivity (Wildman–Crippen MR) is 83.8 cm³/mol. The van der Waals surface area contributed by atoms with Crippen molar-refractivity contribution in [1.29, 1.82) is 0 Å². The molecule has 0 saturated carbocycles. The predicted octanol–water partition coefficient (Wildman–Crippen LogP) is 2.72. The van der Waals surface area contributed by atoms with Gasteiger partial charge in [0.1, 0.15) is 0 Å². The van der Waals surface area contributed by atoms with Gasteiger partial charge in [-0.2, -0.15) is 0 Å². The first-order valence-electron chi connectivity index (χ1n) is 7.15. The smallest absolute Gasteiger partial charge is 0.261 e. The molecule has 22 heavy (non-hydrogen) atoms. The van der Waals surface area contributed by atoms with Crippen LogP contribution in [-0.2, 0) is 10.4 Å². The molecule has 0 unspecified atom stereocenters. The van der Waals surface area contributed by atoms with Gasteiger partial charge in [0, 0.05) is 16.8 Å². The number of Topliss-reactive ketones (excluding diaryl/α,β-unsaturated/α-hetero) is 1. The van der Waals surface area contributed by atoms with Crippen molar-refractivity contribution in [2.45, 2.75) is 25.9 Å². The SMILES string of the molecule is Cc1ccc(C)c(C(=O)C[C@@]2(O)C(=O)Nc3ccccc32)c1. The Bertz CT molecular complexity index is 782. The van der Waals surface area contributed by atoms with Crippen LogP contribution < -0.4 is 5.32 Å². The van der Waals surface area contributed by atoms with E-state index in [0.717, 1.165) is 11.1 Å². The van der Waals surface area contributed by atoms with Crippen molar-refractivity contribution in [2.75, 3.05) is 5.32 Å². The van der Waals surface area contributed by atoms with Crippen LogP contribution in [0.2, 0.25) is 0 Å². The van der Waals surface area contributed by atoms with E-state index in [9.17, 15) is 14.7 Å². The van der Waals surface area contributed by atoms with Crippen molar-refractivity contribution >= 4 is 17.4 Å². The molecule has 4 nitrogen and oxygen atoms in total. The summed E-state index contributed by atoms with van der Waals surface area (Å²) < 4.78 is 0. The Labute approximate surface area is 128 Å². The van der Waals surface area contributed by atoms with Crippen molar-refractivity contribution in [3.63, 3.8) is 0 Å². The van der Waals surface area contributed by atoms with Crippen molar-refractivity contribution in [3.8, 4) is 0 Å². The second kappa shape index (κ2) is 5.07. The van der Waals surface area contributed by atoms with E-state index in [0.29, 0.717) is 16.8 Å². The number of hydrogen-bond donors (Lipinski definition) is 2. The van der Waals surface area contributed by atoms with Gasteiger partial charge in [-0.25, -0.2) is 0 Å². The first-order chi connectivity index (χ1) is 10.4. The van der Waals surface area contributed by atoms with Gasteiger partial charge >= 0.3 is 0 Å². The number of fused-ring (bicyclic) bond motifs is 1. The molecule has 0 aromatic heterocycles. The standard InChI is InChI=1S/C18H17NO3/c1-11-7-8-12(2)13(9-11)16(20)10-18(22)14-5-3-4-6-15(14)19-17(18)21/h3-9,22H,10H2,1-2H3,(H,19,21)/t18-/m0/s1. The van der Waals surface area contributed by atoms with Crippen LogP contribution in [0.25, 0.3) is 0 Å². The molecule has 2 N–H and O–H groups in total. The molecule has 0 aliphatic carbocycles. The zero-order chi connectivity index (χ0) is 15.9. The van der Waals surface area contributed by atoms with Crippen LogP contribution in [0.4, 0.5) is 5.69 Å². The summed E-state index contributed by atoms with van der Waals surface area (Å²) in [7, 11) is 0. The third-order valence-electron chi connectivity index (χ3n) is 4.11. The molecule has 2 aromatic carbocycles. The van der Waals surface area contributed by atoms with E-state index in [2.05, 4.69) is 5.32 Å². The second-order valence-electron chi connectivity index (χ2n) is 5.78. The zero-order valence-electron chi connectivity index (χ0n) is 12.5. The maximum absolute atomic E-state index is 12.6. The number of nitrogens with one attached hydrogen (secondary N) is 1. The number of para-hydroxylation sites is 1. The third kappa shape index (κ3) is 2.22. The molecule has 2 aromatic rings. The number of anilines is 1. The van der Waals surface area contributed by atoms with Gasteiger partial charge < -0.3 is 10.4 Å². The highest BCUT2D eigenvalue weighted by molar-refractivity contribution is 6.09. The van der Waals surface area contributed by atoms with Crippen LogP contribution >= 0.6 is 0 Å². The number of ketones is 1. The van der Waals surface area contributed by atoms with E-state index in [-0.39, 0.29) is 12.2 Å². The molecule has 1 amide bonds. The number of rotatable bonds is 3. The molecule has 1 atom stereocenters. The quantitative estimate of drug-likeness (QED) is 0.856. The monoisotopic (exact) mass is 295 g/mol. The molecular weight excluding hydrogens is 278 g/mol. The van der Waals surface area contributed by atoms with Gasteiger partial charge in [-0.05, 0) is 31.5 Å². The maximum Gasteiger partial charge on any atom is 0.261 e. The van der Waals surface area contributed by atoms with Crippen molar-refractivity contribution in [2.24, 2.45) is 0 Å². The summed E-state index contributed by atoms with van der Waals surface area (Å²) in [4.78, 5) is 24.8. The average Bonchev–Trinajstić information content (AvgIpc) is 2.73. The molecule has 0 radical (unpaired) electrons. The van der Waals surface area contributed by atoms with Gasteiger partial charge in [0.2, 0.25) is 0 Å². The van der Waals surface area contributed by atoms with E-state index < -0.39 is 11.5 Å². The number of aryl methyl sites for hydroxylation is 2. The van der Waals surface area contributed by atoms with E-state index in [4.69, 9.17) is 0 Å². The minimum absolute atomic E-state index is 0.240. The topological polar surface area (TPSA) is 66.4 Å². The lowest BCUT2D eigenvalue weighted by Gasteiger charge is -2.20. The summed E-state index contributed by atoms with van der Waals surface area (Å²) in [6, 6.07) is 12.5. The molecule has 0 saturated heterocycles. The number of aliphatic hydroxyl groups is 1. The van der Waals surface area contributed by atoms with Crippen molar-refractivity contribution < 1.29 is 14.7 Å². The van der Waals surface area contributed by atoms with Crippen LogP contribution in [0.5, 0.6) is 0 Å². The molecule has 1 aliphatic heterocycles. The lowest BCUT2D eigenvalue weighted by Crippen LogP contribution is -2.36. The first-order valence-corrected chi connectivity index (χ1v) is 7.15. The van der Waals surface area contributed by atoms with E-state index in [1.807, 2.05) is 26.0 Å². The fraction of sp³-hybridized carbons (Fsp3) is 0.222. The zero-order valence-corrected chi connectivity index (χ0v) is 12.5. The summed E-state index contributed by atoms with van der Waals surface area (Å²) in [6.07, 6.45) is -0.264. The molecule has 112 valence electrons.